The summed E-state index contributed by atoms with van der Waals surface area (Å²) in [5.41, 5.74) is 5.88. The molecule has 4 aliphatic rings. The van der Waals surface area contributed by atoms with Crippen molar-refractivity contribution >= 4 is 0 Å². The molecule has 0 saturated heterocycles. The van der Waals surface area contributed by atoms with E-state index in [-0.39, 0.29) is 0 Å². The summed E-state index contributed by atoms with van der Waals surface area (Å²) in [5.74, 6) is 1.11. The molecule has 0 aromatic rings. The van der Waals surface area contributed by atoms with Gasteiger partial charge in [-0.3, -0.25) is 0 Å². The van der Waals surface area contributed by atoms with Crippen molar-refractivity contribution in [2.45, 2.75) is 34.1 Å². The van der Waals surface area contributed by atoms with E-state index in [1.807, 2.05) is 27.7 Å². The summed E-state index contributed by atoms with van der Waals surface area (Å²) in [5, 5.41) is 0. The Hall–Kier alpha value is -1.82. The Morgan fingerprint density at radius 2 is 1.24 bits per heavy atom. The minimum Gasteiger partial charge on any atom is -0.0804 e. The maximum atomic E-state index is 2.37. The van der Waals surface area contributed by atoms with E-state index in [2.05, 4.69) is 60.8 Å². The fourth-order valence-electron chi connectivity index (χ4n) is 3.31. The van der Waals surface area contributed by atoms with Gasteiger partial charge in [-0.25, -0.2) is 0 Å². The Labute approximate surface area is 129 Å². The molecule has 0 aromatic heterocycles. The minimum absolute atomic E-state index is 0.551. The largest absolute Gasteiger partial charge is 0.0804 e. The highest BCUT2D eigenvalue weighted by atomic mass is 14.4. The molecule has 0 spiro atoms. The van der Waals surface area contributed by atoms with Crippen molar-refractivity contribution in [2.75, 3.05) is 0 Å². The van der Waals surface area contributed by atoms with Crippen molar-refractivity contribution in [1.29, 1.82) is 0 Å². The molecule has 0 amide bonds. The molecule has 0 radical (unpaired) electrons. The predicted octanol–water partition coefficient (Wildman–Crippen LogP) is 6.09. The quantitative estimate of drug-likeness (QED) is 0.503. The van der Waals surface area contributed by atoms with Gasteiger partial charge in [0, 0.05) is 11.8 Å². The zero-order valence-electron chi connectivity index (χ0n) is 13.6. The normalized spacial score (nSPS) is 26.5. The van der Waals surface area contributed by atoms with Gasteiger partial charge in [0.1, 0.15) is 0 Å². The number of rotatable bonds is 0. The summed E-state index contributed by atoms with van der Waals surface area (Å²) < 4.78 is 0. The fourth-order valence-corrected chi connectivity index (χ4v) is 3.31. The molecule has 2 unspecified atom stereocenters. The smallest absolute Gasteiger partial charge is 0.0199 e. The van der Waals surface area contributed by atoms with Gasteiger partial charge in [-0.05, 0) is 28.7 Å². The van der Waals surface area contributed by atoms with Crippen LogP contribution in [-0.4, -0.2) is 0 Å². The zero-order valence-corrected chi connectivity index (χ0v) is 13.6. The van der Waals surface area contributed by atoms with E-state index in [1.54, 1.807) is 0 Å². The van der Waals surface area contributed by atoms with Gasteiger partial charge in [-0.15, -0.1) is 0 Å². The van der Waals surface area contributed by atoms with Gasteiger partial charge in [0.2, 0.25) is 0 Å². The van der Waals surface area contributed by atoms with E-state index in [4.69, 9.17) is 0 Å². The molecule has 21 heavy (non-hydrogen) atoms. The molecule has 4 aliphatic carbocycles. The topological polar surface area (TPSA) is 0 Å². The van der Waals surface area contributed by atoms with E-state index in [1.165, 1.54) is 22.3 Å². The summed E-state index contributed by atoms with van der Waals surface area (Å²) >= 11 is 0. The molecule has 0 aliphatic heterocycles. The van der Waals surface area contributed by atoms with Crippen molar-refractivity contribution in [3.05, 3.63) is 83.1 Å². The minimum atomic E-state index is 0.551. The average Bonchev–Trinajstić information content (AvgIpc) is 2.80. The highest BCUT2D eigenvalue weighted by Crippen LogP contribution is 2.47. The van der Waals surface area contributed by atoms with Crippen LogP contribution in [0.2, 0.25) is 0 Å². The molecule has 4 rings (SSSR count). The maximum absolute atomic E-state index is 2.37. The first-order chi connectivity index (χ1) is 10.4. The van der Waals surface area contributed by atoms with Gasteiger partial charge < -0.3 is 0 Å². The van der Waals surface area contributed by atoms with Crippen LogP contribution in [0.15, 0.2) is 83.1 Å². The van der Waals surface area contributed by atoms with Gasteiger partial charge in [0.15, 0.2) is 0 Å². The first kappa shape index (κ1) is 15.6. The second-order valence-electron chi connectivity index (χ2n) is 4.99. The zero-order chi connectivity index (χ0) is 15.2. The lowest BCUT2D eigenvalue weighted by Crippen LogP contribution is -2.26. The van der Waals surface area contributed by atoms with E-state index >= 15 is 0 Å². The molecule has 0 N–H and O–H groups in total. The highest BCUT2D eigenvalue weighted by Gasteiger charge is 2.35. The molecule has 110 valence electrons. The third-order valence-corrected chi connectivity index (χ3v) is 4.08. The number of hydrogen-bond donors (Lipinski definition) is 0. The van der Waals surface area contributed by atoms with E-state index in [0.717, 1.165) is 6.42 Å². The Morgan fingerprint density at radius 3 is 2.00 bits per heavy atom. The van der Waals surface area contributed by atoms with Gasteiger partial charge in [-0.1, -0.05) is 88.5 Å². The Balaban J connectivity index is 0.000000374. The third-order valence-electron chi connectivity index (χ3n) is 4.08. The Kier molecular flexibility index (Phi) is 5.38. The van der Waals surface area contributed by atoms with Crippen molar-refractivity contribution in [1.82, 2.24) is 0 Å². The Bertz CT molecular complexity index is 586. The Morgan fingerprint density at radius 1 is 0.667 bits per heavy atom. The van der Waals surface area contributed by atoms with Crippen LogP contribution >= 0.6 is 0 Å². The van der Waals surface area contributed by atoms with E-state index < -0.39 is 0 Å². The van der Waals surface area contributed by atoms with Crippen LogP contribution in [0.3, 0.4) is 0 Å². The van der Waals surface area contributed by atoms with Crippen LogP contribution in [0.25, 0.3) is 0 Å². The van der Waals surface area contributed by atoms with Gasteiger partial charge in [0.25, 0.3) is 0 Å². The molecule has 0 nitrogen and oxygen atoms in total. The second-order valence-corrected chi connectivity index (χ2v) is 4.99. The first-order valence-corrected chi connectivity index (χ1v) is 8.28. The van der Waals surface area contributed by atoms with Crippen LogP contribution in [0.1, 0.15) is 34.1 Å². The lowest BCUT2D eigenvalue weighted by Gasteiger charge is -2.37. The van der Waals surface area contributed by atoms with Crippen molar-refractivity contribution < 1.29 is 0 Å². The van der Waals surface area contributed by atoms with E-state index in [9.17, 15) is 0 Å². The third kappa shape index (κ3) is 2.81. The molecular weight excluding hydrogens is 252 g/mol. The fraction of sp³-hybridized carbons (Fsp3) is 0.333. The van der Waals surface area contributed by atoms with E-state index in [0.29, 0.717) is 11.8 Å². The molecule has 2 atom stereocenters. The van der Waals surface area contributed by atoms with Crippen LogP contribution in [0.4, 0.5) is 0 Å². The summed E-state index contributed by atoms with van der Waals surface area (Å²) in [4.78, 5) is 0. The number of allylic oxidation sites excluding steroid dienone is 14. The van der Waals surface area contributed by atoms with Crippen LogP contribution < -0.4 is 0 Å². The van der Waals surface area contributed by atoms with Gasteiger partial charge >= 0.3 is 0 Å². The van der Waals surface area contributed by atoms with Crippen molar-refractivity contribution in [3.63, 3.8) is 0 Å². The highest BCUT2D eigenvalue weighted by molar-refractivity contribution is 5.58. The summed E-state index contributed by atoms with van der Waals surface area (Å²) in [7, 11) is 0. The summed E-state index contributed by atoms with van der Waals surface area (Å²) in [6.45, 7) is 8.00. The van der Waals surface area contributed by atoms with Gasteiger partial charge in [-0.2, -0.15) is 0 Å². The summed E-state index contributed by atoms with van der Waals surface area (Å²) in [6.07, 6.45) is 23.9. The number of hydrogen-bond acceptors (Lipinski definition) is 0. The molecule has 0 fully saturated rings. The second kappa shape index (κ2) is 7.26. The lowest BCUT2D eigenvalue weighted by molar-refractivity contribution is 0.567. The standard InChI is InChI=1S/C17H14.2C2H6/c1-2-5-13-9-11-15-7-3-6-14-10-8-12(4-1)16(13)17(14)15;2*1-2/h1,3-11,16-17H,2H2;2*1-2H3. The van der Waals surface area contributed by atoms with Crippen molar-refractivity contribution in [2.24, 2.45) is 11.8 Å². The molecule has 0 saturated carbocycles. The molecule has 0 aromatic carbocycles. The summed E-state index contributed by atoms with van der Waals surface area (Å²) in [6, 6.07) is 0. The monoisotopic (exact) mass is 278 g/mol. The SMILES string of the molecule is C1=CC2=CC=C3C=CCC=C4C=CC(=C1)C2C34.CC.CC. The van der Waals surface area contributed by atoms with Crippen LogP contribution in [0, 0.1) is 11.8 Å². The lowest BCUT2D eigenvalue weighted by atomic mass is 9.66. The van der Waals surface area contributed by atoms with Gasteiger partial charge in [0.05, 0.1) is 0 Å². The molecular formula is C21H26. The average molecular weight is 278 g/mol. The molecule has 0 bridgehead atoms. The van der Waals surface area contributed by atoms with Crippen LogP contribution in [0.5, 0.6) is 0 Å². The van der Waals surface area contributed by atoms with Crippen molar-refractivity contribution in [3.8, 4) is 0 Å². The molecule has 0 heterocycles. The van der Waals surface area contributed by atoms with Crippen LogP contribution in [-0.2, 0) is 0 Å². The predicted molar refractivity (Wildman–Crippen MR) is 94.0 cm³/mol. The molecule has 0 heteroatoms. The first-order valence-electron chi connectivity index (χ1n) is 8.28. The maximum Gasteiger partial charge on any atom is 0.0199 e.